The molecule has 0 unspecified atom stereocenters. The molecule has 0 bridgehead atoms. The number of imidazole rings is 1. The van der Waals surface area contributed by atoms with E-state index in [4.69, 9.17) is 0 Å². The zero-order valence-electron chi connectivity index (χ0n) is 8.72. The number of fused-ring (bicyclic) bond motifs is 1. The summed E-state index contributed by atoms with van der Waals surface area (Å²) in [6.07, 6.45) is 0.862. The molecule has 0 saturated carbocycles. The minimum atomic E-state index is -2.60. The van der Waals surface area contributed by atoms with Crippen LogP contribution >= 0.6 is 27.3 Å². The van der Waals surface area contributed by atoms with E-state index in [0.717, 1.165) is 21.3 Å². The van der Waals surface area contributed by atoms with Crippen molar-refractivity contribution in [1.82, 2.24) is 19.6 Å². The molecular formula is C10H5BrF2N4S. The molecule has 0 spiro atoms. The van der Waals surface area contributed by atoms with Gasteiger partial charge in [0.15, 0.2) is 15.8 Å². The molecule has 8 heteroatoms. The molecule has 3 rings (SSSR count). The van der Waals surface area contributed by atoms with Crippen LogP contribution in [0.25, 0.3) is 16.3 Å². The highest BCUT2D eigenvalue weighted by Gasteiger charge is 2.17. The Balaban J connectivity index is 2.15. The summed E-state index contributed by atoms with van der Waals surface area (Å²) in [4.78, 5) is 4.18. The lowest BCUT2D eigenvalue weighted by molar-refractivity contribution is 0.150. The Kier molecular flexibility index (Phi) is 2.83. The third kappa shape index (κ3) is 1.91. The van der Waals surface area contributed by atoms with Crippen LogP contribution in [0.3, 0.4) is 0 Å². The zero-order chi connectivity index (χ0) is 12.7. The maximum absolute atomic E-state index is 12.5. The van der Waals surface area contributed by atoms with E-state index < -0.39 is 6.43 Å². The SMILES string of the molecule is FC(F)c1nnc(-c2ncc3ccc(Br)cn23)s1. The van der Waals surface area contributed by atoms with E-state index in [1.165, 1.54) is 0 Å². The van der Waals surface area contributed by atoms with Gasteiger partial charge < -0.3 is 0 Å². The maximum atomic E-state index is 12.5. The molecule has 0 saturated heterocycles. The third-order valence-electron chi connectivity index (χ3n) is 2.31. The van der Waals surface area contributed by atoms with Gasteiger partial charge in [0.05, 0.1) is 11.7 Å². The van der Waals surface area contributed by atoms with E-state index in [1.807, 2.05) is 12.1 Å². The van der Waals surface area contributed by atoms with Crippen LogP contribution in [0, 0.1) is 0 Å². The first-order chi connectivity index (χ1) is 8.65. The van der Waals surface area contributed by atoms with Crippen molar-refractivity contribution in [3.63, 3.8) is 0 Å². The topological polar surface area (TPSA) is 43.1 Å². The summed E-state index contributed by atoms with van der Waals surface area (Å²) >= 11 is 4.20. The van der Waals surface area contributed by atoms with Gasteiger partial charge in [0, 0.05) is 10.7 Å². The average molecular weight is 331 g/mol. The van der Waals surface area contributed by atoms with E-state index in [1.54, 1.807) is 16.8 Å². The van der Waals surface area contributed by atoms with Crippen molar-refractivity contribution in [1.29, 1.82) is 0 Å². The number of halogens is 3. The van der Waals surface area contributed by atoms with Gasteiger partial charge in [0.25, 0.3) is 6.43 Å². The minimum absolute atomic E-state index is 0.295. The molecule has 0 amide bonds. The van der Waals surface area contributed by atoms with Crippen LogP contribution in [0.5, 0.6) is 0 Å². The molecule has 18 heavy (non-hydrogen) atoms. The van der Waals surface area contributed by atoms with E-state index in [0.29, 0.717) is 10.8 Å². The predicted molar refractivity (Wildman–Crippen MR) is 66.8 cm³/mol. The zero-order valence-corrected chi connectivity index (χ0v) is 11.1. The van der Waals surface area contributed by atoms with Crippen molar-refractivity contribution in [3.05, 3.63) is 34.0 Å². The quantitative estimate of drug-likeness (QED) is 0.721. The Morgan fingerprint density at radius 2 is 2.11 bits per heavy atom. The second-order valence-electron chi connectivity index (χ2n) is 3.47. The molecule has 4 nitrogen and oxygen atoms in total. The molecule has 0 atom stereocenters. The molecule has 0 aliphatic carbocycles. The van der Waals surface area contributed by atoms with Gasteiger partial charge in [-0.3, -0.25) is 4.40 Å². The molecule has 0 aliphatic rings. The third-order valence-corrected chi connectivity index (χ3v) is 3.71. The van der Waals surface area contributed by atoms with Crippen LogP contribution in [0.2, 0.25) is 0 Å². The van der Waals surface area contributed by atoms with E-state index in [-0.39, 0.29) is 5.01 Å². The molecule has 3 aromatic heterocycles. The Morgan fingerprint density at radius 3 is 2.83 bits per heavy atom. The standard InChI is InChI=1S/C10H5BrF2N4S/c11-5-1-2-6-3-14-8(17(6)4-5)10-16-15-9(18-10)7(12)13/h1-4,7H. The van der Waals surface area contributed by atoms with E-state index in [2.05, 4.69) is 31.1 Å². The van der Waals surface area contributed by atoms with Crippen molar-refractivity contribution in [2.75, 3.05) is 0 Å². The summed E-state index contributed by atoms with van der Waals surface area (Å²) in [5.41, 5.74) is 0.863. The van der Waals surface area contributed by atoms with Crippen molar-refractivity contribution in [2.24, 2.45) is 0 Å². The van der Waals surface area contributed by atoms with Gasteiger partial charge in [-0.05, 0) is 28.1 Å². The van der Waals surface area contributed by atoms with Crippen molar-refractivity contribution in [3.8, 4) is 10.8 Å². The molecule has 92 valence electrons. The van der Waals surface area contributed by atoms with Crippen LogP contribution in [-0.2, 0) is 0 Å². The molecule has 3 heterocycles. The van der Waals surface area contributed by atoms with Gasteiger partial charge >= 0.3 is 0 Å². The van der Waals surface area contributed by atoms with Crippen LogP contribution in [0.15, 0.2) is 29.0 Å². The molecule has 0 N–H and O–H groups in total. The van der Waals surface area contributed by atoms with Gasteiger partial charge in [0.1, 0.15) is 0 Å². The fourth-order valence-electron chi connectivity index (χ4n) is 1.54. The number of nitrogens with zero attached hydrogens (tertiary/aromatic N) is 4. The normalized spacial score (nSPS) is 11.6. The second kappa shape index (κ2) is 4.36. The van der Waals surface area contributed by atoms with Crippen LogP contribution in [0.1, 0.15) is 11.4 Å². The second-order valence-corrected chi connectivity index (χ2v) is 5.39. The van der Waals surface area contributed by atoms with Gasteiger partial charge in [-0.25, -0.2) is 13.8 Å². The van der Waals surface area contributed by atoms with Gasteiger partial charge in [0.2, 0.25) is 0 Å². The molecule has 0 radical (unpaired) electrons. The minimum Gasteiger partial charge on any atom is -0.297 e. The number of alkyl halides is 2. The number of hydrogen-bond donors (Lipinski definition) is 0. The van der Waals surface area contributed by atoms with Crippen molar-refractivity contribution in [2.45, 2.75) is 6.43 Å². The van der Waals surface area contributed by atoms with Crippen LogP contribution in [-0.4, -0.2) is 19.6 Å². The monoisotopic (exact) mass is 330 g/mol. The summed E-state index contributed by atoms with van der Waals surface area (Å²) < 4.78 is 27.6. The smallest absolute Gasteiger partial charge is 0.291 e. The Hall–Kier alpha value is -1.41. The lowest BCUT2D eigenvalue weighted by Crippen LogP contribution is -1.88. The number of rotatable bonds is 2. The Bertz CT molecular complexity index is 709. The number of aromatic nitrogens is 4. The lowest BCUT2D eigenvalue weighted by Gasteiger charge is -1.97. The largest absolute Gasteiger partial charge is 0.297 e. The van der Waals surface area contributed by atoms with E-state index in [9.17, 15) is 8.78 Å². The molecule has 0 aliphatic heterocycles. The van der Waals surface area contributed by atoms with E-state index >= 15 is 0 Å². The predicted octanol–water partition coefficient (Wildman–Crippen LogP) is 3.55. The molecule has 0 fully saturated rings. The first-order valence-corrected chi connectivity index (χ1v) is 6.50. The molecule has 3 aromatic rings. The average Bonchev–Trinajstić information content (AvgIpc) is 2.93. The summed E-state index contributed by atoms with van der Waals surface area (Å²) in [5.74, 6) is 0.510. The summed E-state index contributed by atoms with van der Waals surface area (Å²) in [6.45, 7) is 0. The molecular weight excluding hydrogens is 326 g/mol. The van der Waals surface area contributed by atoms with Gasteiger partial charge in [-0.2, -0.15) is 0 Å². The highest BCUT2D eigenvalue weighted by molar-refractivity contribution is 9.10. The lowest BCUT2D eigenvalue weighted by atomic mass is 10.4. The van der Waals surface area contributed by atoms with Gasteiger partial charge in [-0.1, -0.05) is 11.3 Å². The summed E-state index contributed by atoms with van der Waals surface area (Å²) in [6, 6.07) is 3.75. The fraction of sp³-hybridized carbons (Fsp3) is 0.100. The van der Waals surface area contributed by atoms with Crippen LogP contribution < -0.4 is 0 Å². The van der Waals surface area contributed by atoms with Crippen molar-refractivity contribution >= 4 is 32.8 Å². The Morgan fingerprint density at radius 1 is 1.28 bits per heavy atom. The summed E-state index contributed by atoms with van der Waals surface area (Å²) in [5, 5.41) is 7.29. The molecule has 0 aromatic carbocycles. The summed E-state index contributed by atoms with van der Waals surface area (Å²) in [7, 11) is 0. The highest BCUT2D eigenvalue weighted by atomic mass is 79.9. The van der Waals surface area contributed by atoms with Gasteiger partial charge in [-0.15, -0.1) is 10.2 Å². The Labute approximate surface area is 112 Å². The maximum Gasteiger partial charge on any atom is 0.291 e. The number of pyridine rings is 1. The fourth-order valence-corrected chi connectivity index (χ4v) is 2.57. The van der Waals surface area contributed by atoms with Crippen molar-refractivity contribution < 1.29 is 8.78 Å². The first kappa shape index (κ1) is 11.7. The number of hydrogen-bond acceptors (Lipinski definition) is 4. The first-order valence-electron chi connectivity index (χ1n) is 4.89. The highest BCUT2D eigenvalue weighted by Crippen LogP contribution is 2.29. The van der Waals surface area contributed by atoms with Crippen LogP contribution in [0.4, 0.5) is 8.78 Å².